The number of anilines is 1. The summed E-state index contributed by atoms with van der Waals surface area (Å²) < 4.78 is 6.25. The van der Waals surface area contributed by atoms with Crippen LogP contribution in [0.1, 0.15) is 87.2 Å². The third-order valence-corrected chi connectivity index (χ3v) is 9.55. The van der Waals surface area contributed by atoms with Gasteiger partial charge < -0.3 is 14.7 Å². The molecule has 8 heteroatoms. The molecule has 0 spiro atoms. The molecule has 1 atom stereocenters. The summed E-state index contributed by atoms with van der Waals surface area (Å²) in [6.07, 6.45) is 1.85. The number of nitrogens with zero attached hydrogens (tertiary/aromatic N) is 3. The van der Waals surface area contributed by atoms with Crippen LogP contribution >= 0.6 is 23.2 Å². The molecule has 0 aliphatic carbocycles. The molecule has 1 saturated heterocycles. The normalized spacial score (nSPS) is 17.8. The smallest absolute Gasteiger partial charge is 0.337 e. The summed E-state index contributed by atoms with van der Waals surface area (Å²) >= 11 is 12.6. The standard InChI is InChI=1S/C36H45Cl2N3O3/c1-22-30(25-8-9-26-20-40(15-12-24(26)18-25)21-27-10-11-28(37)19-29(27)38)32(41-16-13-36(6,7)14-17-41)31(23(2)39-22)33(34(42)43)44-35(3,4)5/h8-11,18-19,33H,12-17,20-21H2,1-7H3,(H,42,43). The van der Waals surface area contributed by atoms with Gasteiger partial charge in [-0.3, -0.25) is 9.88 Å². The van der Waals surface area contributed by atoms with E-state index in [4.69, 9.17) is 32.9 Å². The number of carboxylic acid groups (broad SMARTS) is 1. The van der Waals surface area contributed by atoms with Crippen LogP contribution in [-0.2, 0) is 29.0 Å². The largest absolute Gasteiger partial charge is 0.479 e. The van der Waals surface area contributed by atoms with Gasteiger partial charge in [-0.2, -0.15) is 0 Å². The maximum Gasteiger partial charge on any atom is 0.337 e. The Morgan fingerprint density at radius 3 is 2.36 bits per heavy atom. The van der Waals surface area contributed by atoms with Gasteiger partial charge in [0.15, 0.2) is 6.10 Å². The minimum Gasteiger partial charge on any atom is -0.479 e. The van der Waals surface area contributed by atoms with Gasteiger partial charge in [0, 0.05) is 65.3 Å². The second-order valence-electron chi connectivity index (χ2n) is 14.2. The fourth-order valence-corrected chi connectivity index (χ4v) is 7.02. The number of halogens is 2. The van der Waals surface area contributed by atoms with E-state index in [0.29, 0.717) is 21.3 Å². The van der Waals surface area contributed by atoms with Gasteiger partial charge in [0.2, 0.25) is 0 Å². The molecule has 44 heavy (non-hydrogen) atoms. The lowest BCUT2D eigenvalue weighted by atomic mass is 9.81. The Labute approximate surface area is 272 Å². The molecule has 0 amide bonds. The number of hydrogen-bond acceptors (Lipinski definition) is 5. The van der Waals surface area contributed by atoms with Gasteiger partial charge >= 0.3 is 5.97 Å². The first-order valence-corrected chi connectivity index (χ1v) is 16.3. The van der Waals surface area contributed by atoms with Crippen molar-refractivity contribution in [3.63, 3.8) is 0 Å². The summed E-state index contributed by atoms with van der Waals surface area (Å²) in [6.45, 7) is 18.5. The monoisotopic (exact) mass is 637 g/mol. The SMILES string of the molecule is Cc1nc(C)c(C(OC(C)(C)C)C(=O)O)c(N2CCC(C)(C)CC2)c1-c1ccc2c(c1)CCN(Cc1ccc(Cl)cc1Cl)C2. The van der Waals surface area contributed by atoms with Crippen LogP contribution in [0.15, 0.2) is 36.4 Å². The molecule has 6 nitrogen and oxygen atoms in total. The molecule has 1 fully saturated rings. The van der Waals surface area contributed by atoms with E-state index >= 15 is 0 Å². The fraction of sp³-hybridized carbons (Fsp3) is 0.500. The van der Waals surface area contributed by atoms with Crippen LogP contribution in [0.4, 0.5) is 5.69 Å². The molecule has 3 heterocycles. The van der Waals surface area contributed by atoms with E-state index in [1.807, 2.05) is 46.8 Å². The molecule has 1 unspecified atom stereocenters. The van der Waals surface area contributed by atoms with Crippen LogP contribution in [0, 0.1) is 19.3 Å². The summed E-state index contributed by atoms with van der Waals surface area (Å²) in [5.74, 6) is -0.996. The van der Waals surface area contributed by atoms with Crippen LogP contribution in [-0.4, -0.2) is 46.2 Å². The molecule has 5 rings (SSSR count). The number of fused-ring (bicyclic) bond motifs is 1. The number of rotatable bonds is 7. The number of ether oxygens (including phenoxy) is 1. The van der Waals surface area contributed by atoms with E-state index < -0.39 is 17.7 Å². The minimum atomic E-state index is -1.13. The van der Waals surface area contributed by atoms with E-state index in [1.54, 1.807) is 6.07 Å². The van der Waals surface area contributed by atoms with Crippen LogP contribution in [0.2, 0.25) is 10.0 Å². The summed E-state index contributed by atoms with van der Waals surface area (Å²) in [6, 6.07) is 12.4. The van der Waals surface area contributed by atoms with Crippen molar-refractivity contribution in [2.75, 3.05) is 24.5 Å². The van der Waals surface area contributed by atoms with Crippen molar-refractivity contribution in [3.8, 4) is 11.1 Å². The number of carboxylic acids is 1. The number of aryl methyl sites for hydroxylation is 2. The van der Waals surface area contributed by atoms with Crippen LogP contribution in [0.3, 0.4) is 0 Å². The predicted molar refractivity (Wildman–Crippen MR) is 180 cm³/mol. The van der Waals surface area contributed by atoms with Gasteiger partial charge in [-0.1, -0.05) is 61.3 Å². The van der Waals surface area contributed by atoms with E-state index in [-0.39, 0.29) is 5.41 Å². The number of aliphatic carboxylic acids is 1. The third-order valence-electron chi connectivity index (χ3n) is 8.97. The van der Waals surface area contributed by atoms with Crippen molar-refractivity contribution in [2.24, 2.45) is 5.41 Å². The molecular weight excluding hydrogens is 593 g/mol. The molecule has 0 bridgehead atoms. The Morgan fingerprint density at radius 1 is 1.02 bits per heavy atom. The van der Waals surface area contributed by atoms with E-state index in [1.165, 1.54) is 11.1 Å². The van der Waals surface area contributed by atoms with Crippen molar-refractivity contribution < 1.29 is 14.6 Å². The molecule has 3 aromatic rings. The summed E-state index contributed by atoms with van der Waals surface area (Å²) in [5.41, 5.74) is 8.59. The van der Waals surface area contributed by atoms with Gasteiger partial charge in [-0.05, 0) is 93.7 Å². The Kier molecular flexibility index (Phi) is 9.40. The highest BCUT2D eigenvalue weighted by Gasteiger charge is 2.36. The highest BCUT2D eigenvalue weighted by Crippen LogP contribution is 2.45. The summed E-state index contributed by atoms with van der Waals surface area (Å²) in [5, 5.41) is 11.8. The van der Waals surface area contributed by atoms with Gasteiger partial charge in [0.1, 0.15) is 0 Å². The van der Waals surface area contributed by atoms with Gasteiger partial charge in [-0.15, -0.1) is 0 Å². The Hall–Kier alpha value is -2.64. The highest BCUT2D eigenvalue weighted by molar-refractivity contribution is 6.35. The molecule has 0 saturated carbocycles. The first-order chi connectivity index (χ1) is 20.6. The Morgan fingerprint density at radius 2 is 1.73 bits per heavy atom. The quantitative estimate of drug-likeness (QED) is 0.279. The Balaban J connectivity index is 1.56. The van der Waals surface area contributed by atoms with Gasteiger partial charge in [-0.25, -0.2) is 4.79 Å². The number of pyridine rings is 1. The highest BCUT2D eigenvalue weighted by atomic mass is 35.5. The van der Waals surface area contributed by atoms with Crippen molar-refractivity contribution >= 4 is 34.9 Å². The van der Waals surface area contributed by atoms with Crippen molar-refractivity contribution in [3.05, 3.63) is 80.1 Å². The lowest BCUT2D eigenvalue weighted by molar-refractivity contribution is -0.160. The average Bonchev–Trinajstić information content (AvgIpc) is 2.92. The van der Waals surface area contributed by atoms with E-state index in [2.05, 4.69) is 41.8 Å². The lowest BCUT2D eigenvalue weighted by Crippen LogP contribution is -2.39. The molecule has 2 aliphatic heterocycles. The fourth-order valence-electron chi connectivity index (χ4n) is 6.55. The average molecular weight is 639 g/mol. The number of hydrogen-bond donors (Lipinski definition) is 1. The zero-order chi connectivity index (χ0) is 32.0. The Bertz CT molecular complexity index is 1550. The number of benzene rings is 2. The van der Waals surface area contributed by atoms with Crippen LogP contribution in [0.25, 0.3) is 11.1 Å². The molecule has 1 N–H and O–H groups in total. The zero-order valence-corrected chi connectivity index (χ0v) is 28.6. The molecule has 1 aromatic heterocycles. The zero-order valence-electron chi connectivity index (χ0n) is 27.1. The first-order valence-electron chi connectivity index (χ1n) is 15.6. The molecule has 2 aromatic carbocycles. The topological polar surface area (TPSA) is 65.9 Å². The van der Waals surface area contributed by atoms with E-state index in [9.17, 15) is 9.90 Å². The number of aromatic nitrogens is 1. The second-order valence-corrected chi connectivity index (χ2v) is 15.0. The number of carbonyl (C=O) groups is 1. The predicted octanol–water partition coefficient (Wildman–Crippen LogP) is 8.80. The molecule has 236 valence electrons. The van der Waals surface area contributed by atoms with Crippen molar-refractivity contribution in [1.29, 1.82) is 0 Å². The maximum absolute atomic E-state index is 12.8. The minimum absolute atomic E-state index is 0.246. The molecule has 2 aliphatic rings. The van der Waals surface area contributed by atoms with Crippen LogP contribution in [0.5, 0.6) is 0 Å². The van der Waals surface area contributed by atoms with Crippen LogP contribution < -0.4 is 4.90 Å². The molecular formula is C36H45Cl2N3O3. The lowest BCUT2D eigenvalue weighted by Gasteiger charge is -2.41. The number of piperidine rings is 1. The first kappa shape index (κ1) is 32.7. The van der Waals surface area contributed by atoms with Gasteiger partial charge in [0.25, 0.3) is 0 Å². The third kappa shape index (κ3) is 7.25. The summed E-state index contributed by atoms with van der Waals surface area (Å²) in [7, 11) is 0. The molecule has 0 radical (unpaired) electrons. The maximum atomic E-state index is 12.8. The van der Waals surface area contributed by atoms with Crippen molar-refractivity contribution in [1.82, 2.24) is 9.88 Å². The summed E-state index contributed by atoms with van der Waals surface area (Å²) in [4.78, 5) is 22.6. The second kappa shape index (κ2) is 12.6. The van der Waals surface area contributed by atoms with E-state index in [0.717, 1.165) is 80.1 Å². The van der Waals surface area contributed by atoms with Gasteiger partial charge in [0.05, 0.1) is 11.3 Å². The van der Waals surface area contributed by atoms with Crippen molar-refractivity contribution in [2.45, 2.75) is 92.5 Å².